The lowest BCUT2D eigenvalue weighted by molar-refractivity contribution is 0.0473. The van der Waals surface area contributed by atoms with E-state index in [0.29, 0.717) is 42.9 Å². The number of piperidine rings is 1. The molecule has 1 aliphatic rings. The highest BCUT2D eigenvalue weighted by Gasteiger charge is 2.26. The minimum absolute atomic E-state index is 0.0145. The van der Waals surface area contributed by atoms with E-state index in [1.807, 2.05) is 81.4 Å². The third-order valence-electron chi connectivity index (χ3n) is 6.44. The van der Waals surface area contributed by atoms with E-state index in [9.17, 15) is 9.59 Å². The lowest BCUT2D eigenvalue weighted by atomic mass is 10.0. The molecule has 0 saturated carbocycles. The Hall–Kier alpha value is -4.71. The molecule has 2 aromatic carbocycles. The summed E-state index contributed by atoms with van der Waals surface area (Å²) in [7, 11) is 1.81. The molecule has 1 aliphatic heterocycles. The Balaban J connectivity index is 1.42. The minimum Gasteiger partial charge on any atom is -0.444 e. The molecule has 2 heterocycles. The number of carbonyl (C=O) groups is 2. The summed E-state index contributed by atoms with van der Waals surface area (Å²) in [4.78, 5) is 36.3. The van der Waals surface area contributed by atoms with E-state index in [4.69, 9.17) is 15.0 Å². The molecule has 1 saturated heterocycles. The van der Waals surface area contributed by atoms with Crippen LogP contribution < -0.4 is 10.6 Å². The van der Waals surface area contributed by atoms with Crippen molar-refractivity contribution in [1.29, 1.82) is 5.26 Å². The zero-order chi connectivity index (χ0) is 28.7. The first kappa shape index (κ1) is 28.3. The van der Waals surface area contributed by atoms with E-state index in [0.717, 1.165) is 22.4 Å². The van der Waals surface area contributed by atoms with Gasteiger partial charge in [-0.15, -0.1) is 0 Å². The molecule has 9 nitrogen and oxygen atoms in total. The lowest BCUT2D eigenvalue weighted by Gasteiger charge is -2.33. The summed E-state index contributed by atoms with van der Waals surface area (Å²) in [5.41, 5.74) is 3.92. The summed E-state index contributed by atoms with van der Waals surface area (Å²) in [6, 6.07) is 18.6. The van der Waals surface area contributed by atoms with E-state index in [2.05, 4.69) is 21.7 Å². The van der Waals surface area contributed by atoms with Crippen molar-refractivity contribution in [1.82, 2.24) is 25.5 Å². The van der Waals surface area contributed by atoms with Crippen molar-refractivity contribution in [3.05, 3.63) is 89.5 Å². The first-order chi connectivity index (χ1) is 19.2. The number of amides is 2. The standard InChI is InChI=1S/C31H34N6O3/c1-31(2,3)40-30(39)35-25-14-17-37(18-15-25)29(38)24-11-9-23(10-12-24)27-13-16-34-28(36-27)26(20-33-4)22-7-5-21(19-32)6-8-22/h5-13,16,20,25,33H,14-15,17-18H2,1-4H3,(H,35,39). The summed E-state index contributed by atoms with van der Waals surface area (Å²) in [6.45, 7) is 6.62. The van der Waals surface area contributed by atoms with Gasteiger partial charge in [-0.25, -0.2) is 14.8 Å². The number of hydrogen-bond acceptors (Lipinski definition) is 7. The minimum atomic E-state index is -0.545. The second-order valence-corrected chi connectivity index (χ2v) is 10.6. The molecule has 2 N–H and O–H groups in total. The molecule has 0 unspecified atom stereocenters. The highest BCUT2D eigenvalue weighted by Crippen LogP contribution is 2.24. The van der Waals surface area contributed by atoms with Crippen molar-refractivity contribution in [2.45, 2.75) is 45.3 Å². The number of likely N-dealkylation sites (tertiary alicyclic amines) is 1. The zero-order valence-corrected chi connectivity index (χ0v) is 23.3. The van der Waals surface area contributed by atoms with Crippen LogP contribution in [0.5, 0.6) is 0 Å². The summed E-state index contributed by atoms with van der Waals surface area (Å²) in [5, 5.41) is 15.1. The van der Waals surface area contributed by atoms with Crippen LogP contribution in [0.25, 0.3) is 16.8 Å². The van der Waals surface area contributed by atoms with Crippen LogP contribution in [0.4, 0.5) is 4.79 Å². The van der Waals surface area contributed by atoms with E-state index in [-0.39, 0.29) is 11.9 Å². The summed E-state index contributed by atoms with van der Waals surface area (Å²) in [5.74, 6) is 0.505. The number of aromatic nitrogens is 2. The van der Waals surface area contributed by atoms with Gasteiger partial charge in [0.05, 0.1) is 17.3 Å². The van der Waals surface area contributed by atoms with Crippen LogP contribution in [0.2, 0.25) is 0 Å². The van der Waals surface area contributed by atoms with Gasteiger partial charge in [0.2, 0.25) is 0 Å². The molecular weight excluding hydrogens is 504 g/mol. The Kier molecular flexibility index (Phi) is 8.80. The molecule has 0 spiro atoms. The normalized spacial score (nSPS) is 14.3. The fraction of sp³-hybridized carbons (Fsp3) is 0.323. The summed E-state index contributed by atoms with van der Waals surface area (Å²) in [6.07, 6.45) is 4.46. The monoisotopic (exact) mass is 538 g/mol. The Morgan fingerprint density at radius 1 is 1.02 bits per heavy atom. The number of nitrogens with one attached hydrogen (secondary N) is 2. The average molecular weight is 539 g/mol. The van der Waals surface area contributed by atoms with Crippen LogP contribution in [0, 0.1) is 11.3 Å². The van der Waals surface area contributed by atoms with Gasteiger partial charge in [0.25, 0.3) is 5.91 Å². The predicted octanol–water partition coefficient (Wildman–Crippen LogP) is 4.75. The quantitative estimate of drug-likeness (QED) is 0.465. The number of hydrogen-bond donors (Lipinski definition) is 2. The first-order valence-corrected chi connectivity index (χ1v) is 13.3. The van der Waals surface area contributed by atoms with Gasteiger partial charge < -0.3 is 20.3 Å². The Labute approximate surface area is 234 Å². The lowest BCUT2D eigenvalue weighted by Crippen LogP contribution is -2.47. The van der Waals surface area contributed by atoms with Crippen LogP contribution in [0.15, 0.2) is 67.0 Å². The van der Waals surface area contributed by atoms with Gasteiger partial charge in [0, 0.05) is 55.3 Å². The highest BCUT2D eigenvalue weighted by atomic mass is 16.6. The molecular formula is C31H34N6O3. The van der Waals surface area contributed by atoms with E-state index >= 15 is 0 Å². The van der Waals surface area contributed by atoms with Gasteiger partial charge >= 0.3 is 6.09 Å². The van der Waals surface area contributed by atoms with Gasteiger partial charge in [0.15, 0.2) is 5.82 Å². The predicted molar refractivity (Wildman–Crippen MR) is 153 cm³/mol. The zero-order valence-electron chi connectivity index (χ0n) is 23.3. The molecule has 3 aromatic rings. The van der Waals surface area contributed by atoms with Gasteiger partial charge in [-0.3, -0.25) is 4.79 Å². The fourth-order valence-electron chi connectivity index (χ4n) is 4.46. The van der Waals surface area contributed by atoms with Gasteiger partial charge in [0.1, 0.15) is 5.60 Å². The van der Waals surface area contributed by atoms with Crippen LogP contribution in [0.3, 0.4) is 0 Å². The third-order valence-corrected chi connectivity index (χ3v) is 6.44. The molecule has 1 aromatic heterocycles. The first-order valence-electron chi connectivity index (χ1n) is 13.3. The van der Waals surface area contributed by atoms with Crippen molar-refractivity contribution in [3.63, 3.8) is 0 Å². The van der Waals surface area contributed by atoms with Crippen molar-refractivity contribution in [2.24, 2.45) is 0 Å². The second-order valence-electron chi connectivity index (χ2n) is 10.6. The number of ether oxygens (including phenoxy) is 1. The maximum Gasteiger partial charge on any atom is 0.407 e. The topological polar surface area (TPSA) is 120 Å². The van der Waals surface area contributed by atoms with Crippen molar-refractivity contribution in [2.75, 3.05) is 20.1 Å². The molecule has 1 fully saturated rings. The molecule has 206 valence electrons. The van der Waals surface area contributed by atoms with Crippen LogP contribution in [0.1, 0.15) is 60.9 Å². The number of benzene rings is 2. The molecule has 4 rings (SSSR count). The fourth-order valence-corrected chi connectivity index (χ4v) is 4.46. The summed E-state index contributed by atoms with van der Waals surface area (Å²) < 4.78 is 5.34. The van der Waals surface area contributed by atoms with Crippen LogP contribution in [-0.4, -0.2) is 58.6 Å². The highest BCUT2D eigenvalue weighted by molar-refractivity contribution is 5.94. The number of alkyl carbamates (subject to hydrolysis) is 1. The van der Waals surface area contributed by atoms with Crippen molar-refractivity contribution < 1.29 is 14.3 Å². The smallest absolute Gasteiger partial charge is 0.407 e. The Morgan fingerprint density at radius 3 is 2.27 bits per heavy atom. The maximum atomic E-state index is 13.1. The molecule has 0 atom stereocenters. The van der Waals surface area contributed by atoms with E-state index in [1.54, 1.807) is 18.3 Å². The number of carbonyl (C=O) groups excluding carboxylic acids is 2. The average Bonchev–Trinajstić information content (AvgIpc) is 2.95. The van der Waals surface area contributed by atoms with Crippen molar-refractivity contribution in [3.8, 4) is 17.3 Å². The summed E-state index contributed by atoms with van der Waals surface area (Å²) >= 11 is 0. The number of rotatable bonds is 6. The molecule has 2 amide bonds. The molecule has 0 radical (unpaired) electrons. The molecule has 0 aliphatic carbocycles. The number of nitrogens with zero attached hydrogens (tertiary/aromatic N) is 4. The van der Waals surface area contributed by atoms with Gasteiger partial charge in [-0.1, -0.05) is 24.3 Å². The molecule has 40 heavy (non-hydrogen) atoms. The SMILES string of the molecule is CNC=C(c1ccc(C#N)cc1)c1nccc(-c2ccc(C(=O)N3CCC(NC(=O)OC(C)(C)C)CC3)cc2)n1. The number of nitriles is 1. The van der Waals surface area contributed by atoms with E-state index < -0.39 is 11.7 Å². The maximum absolute atomic E-state index is 13.1. The van der Waals surface area contributed by atoms with Gasteiger partial charge in [-0.2, -0.15) is 5.26 Å². The van der Waals surface area contributed by atoms with Crippen LogP contribution in [-0.2, 0) is 4.74 Å². The van der Waals surface area contributed by atoms with Gasteiger partial charge in [-0.05, 0) is 69.5 Å². The van der Waals surface area contributed by atoms with Crippen molar-refractivity contribution >= 4 is 17.6 Å². The third kappa shape index (κ3) is 7.23. The van der Waals surface area contributed by atoms with Crippen LogP contribution >= 0.6 is 0 Å². The Bertz CT molecular complexity index is 1410. The second kappa shape index (κ2) is 12.4. The molecule has 0 bridgehead atoms. The van der Waals surface area contributed by atoms with E-state index in [1.165, 1.54) is 0 Å². The Morgan fingerprint density at radius 2 is 1.68 bits per heavy atom. The largest absolute Gasteiger partial charge is 0.444 e. The molecule has 9 heteroatoms.